The first-order chi connectivity index (χ1) is 8.04. The van der Waals surface area contributed by atoms with Crippen molar-refractivity contribution in [3.63, 3.8) is 0 Å². The number of aromatic hydroxyl groups is 1. The van der Waals surface area contributed by atoms with Crippen molar-refractivity contribution in [3.8, 4) is 5.75 Å². The van der Waals surface area contributed by atoms with E-state index in [4.69, 9.17) is 0 Å². The van der Waals surface area contributed by atoms with Crippen molar-refractivity contribution in [1.29, 1.82) is 0 Å². The number of hydrogen-bond donors (Lipinski definition) is 1. The van der Waals surface area contributed by atoms with Crippen LogP contribution in [0.4, 0.5) is 0 Å². The summed E-state index contributed by atoms with van der Waals surface area (Å²) in [6.45, 7) is 8.71. The summed E-state index contributed by atoms with van der Waals surface area (Å²) in [7, 11) is 0. The van der Waals surface area contributed by atoms with E-state index in [0.717, 1.165) is 11.8 Å². The standard InChI is InChI=1S/C16H20O/c1-5-14-11(4)6-7-12-8-13(17)9-15(10(2)3)16(12)14/h6-10,17H,5H2,1-4H3. The fraction of sp³-hybridized carbons (Fsp3) is 0.375. The van der Waals surface area contributed by atoms with Crippen LogP contribution in [-0.4, -0.2) is 5.11 Å². The number of fused-ring (bicyclic) bond motifs is 1. The molecule has 0 bridgehead atoms. The first-order valence-corrected chi connectivity index (χ1v) is 6.29. The van der Waals surface area contributed by atoms with Crippen LogP contribution in [-0.2, 0) is 6.42 Å². The maximum absolute atomic E-state index is 9.79. The topological polar surface area (TPSA) is 20.2 Å². The minimum atomic E-state index is 0.368. The summed E-state index contributed by atoms with van der Waals surface area (Å²) in [5.74, 6) is 0.795. The Morgan fingerprint density at radius 1 is 1.18 bits per heavy atom. The maximum atomic E-state index is 9.79. The lowest BCUT2D eigenvalue weighted by Gasteiger charge is -2.16. The Morgan fingerprint density at radius 2 is 1.88 bits per heavy atom. The molecule has 0 aliphatic heterocycles. The van der Waals surface area contributed by atoms with Crippen LogP contribution in [0.2, 0.25) is 0 Å². The zero-order chi connectivity index (χ0) is 12.6. The first-order valence-electron chi connectivity index (χ1n) is 6.29. The van der Waals surface area contributed by atoms with Gasteiger partial charge in [0.15, 0.2) is 0 Å². The Kier molecular flexibility index (Phi) is 3.10. The lowest BCUT2D eigenvalue weighted by Crippen LogP contribution is -1.96. The van der Waals surface area contributed by atoms with Gasteiger partial charge in [0.25, 0.3) is 0 Å². The third kappa shape index (κ3) is 2.02. The van der Waals surface area contributed by atoms with E-state index in [1.807, 2.05) is 12.1 Å². The van der Waals surface area contributed by atoms with E-state index in [1.54, 1.807) is 0 Å². The summed E-state index contributed by atoms with van der Waals surface area (Å²) in [5.41, 5.74) is 4.00. The minimum Gasteiger partial charge on any atom is -0.508 e. The SMILES string of the molecule is CCc1c(C)ccc2cc(O)cc(C(C)C)c12. The quantitative estimate of drug-likeness (QED) is 0.800. The summed E-state index contributed by atoms with van der Waals surface area (Å²) < 4.78 is 0. The molecule has 0 atom stereocenters. The molecule has 90 valence electrons. The average Bonchev–Trinajstić information content (AvgIpc) is 2.28. The van der Waals surface area contributed by atoms with E-state index in [1.165, 1.54) is 22.1 Å². The van der Waals surface area contributed by atoms with E-state index >= 15 is 0 Å². The third-order valence-corrected chi connectivity index (χ3v) is 3.45. The van der Waals surface area contributed by atoms with Gasteiger partial charge < -0.3 is 5.11 Å². The molecule has 0 aliphatic carbocycles. The van der Waals surface area contributed by atoms with Crippen LogP contribution < -0.4 is 0 Å². The molecule has 0 heterocycles. The number of phenolic OH excluding ortho intramolecular Hbond substituents is 1. The molecule has 2 aromatic carbocycles. The fourth-order valence-electron chi connectivity index (χ4n) is 2.57. The van der Waals surface area contributed by atoms with Gasteiger partial charge in [-0.05, 0) is 58.9 Å². The van der Waals surface area contributed by atoms with E-state index in [-0.39, 0.29) is 0 Å². The Hall–Kier alpha value is -1.50. The smallest absolute Gasteiger partial charge is 0.116 e. The van der Waals surface area contributed by atoms with Crippen molar-refractivity contribution in [1.82, 2.24) is 0 Å². The number of benzene rings is 2. The highest BCUT2D eigenvalue weighted by Gasteiger charge is 2.12. The lowest BCUT2D eigenvalue weighted by atomic mass is 9.89. The second-order valence-electron chi connectivity index (χ2n) is 5.00. The van der Waals surface area contributed by atoms with Crippen molar-refractivity contribution in [2.24, 2.45) is 0 Å². The predicted molar refractivity (Wildman–Crippen MR) is 73.8 cm³/mol. The second-order valence-corrected chi connectivity index (χ2v) is 5.00. The molecular formula is C16H20O. The summed E-state index contributed by atoms with van der Waals surface area (Å²) in [6, 6.07) is 8.02. The first kappa shape index (κ1) is 12.0. The summed E-state index contributed by atoms with van der Waals surface area (Å²) >= 11 is 0. The summed E-state index contributed by atoms with van der Waals surface area (Å²) in [5, 5.41) is 12.3. The van der Waals surface area contributed by atoms with Gasteiger partial charge in [-0.3, -0.25) is 0 Å². The Morgan fingerprint density at radius 3 is 2.47 bits per heavy atom. The van der Waals surface area contributed by atoms with Gasteiger partial charge in [-0.2, -0.15) is 0 Å². The highest BCUT2D eigenvalue weighted by atomic mass is 16.3. The molecular weight excluding hydrogens is 208 g/mol. The van der Waals surface area contributed by atoms with Gasteiger partial charge in [-0.1, -0.05) is 32.9 Å². The molecule has 0 radical (unpaired) electrons. The highest BCUT2D eigenvalue weighted by Crippen LogP contribution is 2.33. The third-order valence-electron chi connectivity index (χ3n) is 3.45. The summed E-state index contributed by atoms with van der Waals surface area (Å²) in [6.07, 6.45) is 1.04. The van der Waals surface area contributed by atoms with Crippen LogP contribution in [0, 0.1) is 6.92 Å². The molecule has 0 saturated carbocycles. The fourth-order valence-corrected chi connectivity index (χ4v) is 2.57. The number of phenols is 1. The van der Waals surface area contributed by atoms with Crippen molar-refractivity contribution in [2.45, 2.75) is 40.0 Å². The van der Waals surface area contributed by atoms with Crippen LogP contribution in [0.3, 0.4) is 0 Å². The molecule has 0 amide bonds. The van der Waals surface area contributed by atoms with E-state index in [9.17, 15) is 5.11 Å². The van der Waals surface area contributed by atoms with Crippen LogP contribution in [0.5, 0.6) is 5.75 Å². The molecule has 1 N–H and O–H groups in total. The van der Waals surface area contributed by atoms with E-state index < -0.39 is 0 Å². The van der Waals surface area contributed by atoms with Crippen LogP contribution >= 0.6 is 0 Å². The van der Waals surface area contributed by atoms with Gasteiger partial charge in [0.2, 0.25) is 0 Å². The molecule has 0 aromatic heterocycles. The second kappa shape index (κ2) is 4.40. The molecule has 0 aliphatic rings. The molecule has 1 nitrogen and oxygen atoms in total. The monoisotopic (exact) mass is 228 g/mol. The molecule has 0 fully saturated rings. The molecule has 2 rings (SSSR count). The van der Waals surface area contributed by atoms with Gasteiger partial charge in [-0.15, -0.1) is 0 Å². The minimum absolute atomic E-state index is 0.368. The average molecular weight is 228 g/mol. The molecule has 1 heteroatoms. The summed E-state index contributed by atoms with van der Waals surface area (Å²) in [4.78, 5) is 0. The van der Waals surface area contributed by atoms with Gasteiger partial charge in [-0.25, -0.2) is 0 Å². The van der Waals surface area contributed by atoms with Gasteiger partial charge in [0.1, 0.15) is 5.75 Å². The lowest BCUT2D eigenvalue weighted by molar-refractivity contribution is 0.475. The molecule has 17 heavy (non-hydrogen) atoms. The Labute approximate surface area is 103 Å². The van der Waals surface area contributed by atoms with Crippen molar-refractivity contribution >= 4 is 10.8 Å². The van der Waals surface area contributed by atoms with Gasteiger partial charge in [0, 0.05) is 0 Å². The largest absolute Gasteiger partial charge is 0.508 e. The Balaban J connectivity index is 2.91. The predicted octanol–water partition coefficient (Wildman–Crippen LogP) is 4.54. The molecule has 0 spiro atoms. The van der Waals surface area contributed by atoms with Gasteiger partial charge in [0.05, 0.1) is 0 Å². The van der Waals surface area contributed by atoms with Crippen LogP contribution in [0.25, 0.3) is 10.8 Å². The normalized spacial score (nSPS) is 11.4. The van der Waals surface area contributed by atoms with Crippen molar-refractivity contribution < 1.29 is 5.11 Å². The number of aryl methyl sites for hydroxylation is 2. The van der Waals surface area contributed by atoms with E-state index in [0.29, 0.717) is 11.7 Å². The highest BCUT2D eigenvalue weighted by molar-refractivity contribution is 5.91. The number of hydrogen-bond acceptors (Lipinski definition) is 1. The zero-order valence-electron chi connectivity index (χ0n) is 11.0. The van der Waals surface area contributed by atoms with E-state index in [2.05, 4.69) is 39.8 Å². The molecule has 0 unspecified atom stereocenters. The van der Waals surface area contributed by atoms with Crippen LogP contribution in [0.1, 0.15) is 43.4 Å². The Bertz CT molecular complexity index is 553. The number of rotatable bonds is 2. The zero-order valence-corrected chi connectivity index (χ0v) is 11.0. The maximum Gasteiger partial charge on any atom is 0.116 e. The molecule has 2 aromatic rings. The van der Waals surface area contributed by atoms with Crippen LogP contribution in [0.15, 0.2) is 24.3 Å². The van der Waals surface area contributed by atoms with Gasteiger partial charge >= 0.3 is 0 Å². The van der Waals surface area contributed by atoms with Crippen molar-refractivity contribution in [3.05, 3.63) is 41.0 Å². The van der Waals surface area contributed by atoms with Crippen molar-refractivity contribution in [2.75, 3.05) is 0 Å². The molecule has 0 saturated heterocycles.